The van der Waals surface area contributed by atoms with Crippen LogP contribution in [0.1, 0.15) is 11.1 Å². The molecule has 0 aliphatic carbocycles. The molecule has 0 saturated heterocycles. The van der Waals surface area contributed by atoms with Gasteiger partial charge in [0.25, 0.3) is 0 Å². The first kappa shape index (κ1) is 12.5. The van der Waals surface area contributed by atoms with E-state index in [2.05, 4.69) is 5.32 Å². The number of aryl methyl sites for hydroxylation is 1. The van der Waals surface area contributed by atoms with Crippen molar-refractivity contribution < 1.29 is 13.2 Å². The molecule has 0 saturated carbocycles. The standard InChI is InChI=1S/C14H12F3N/c1-9-2-4-13(17)14(6-9)18-8-10-7-11(15)3-5-12(10)16/h2-7,18H,8H2,1H3. The third kappa shape index (κ3) is 2.83. The lowest BCUT2D eigenvalue weighted by Crippen LogP contribution is -2.04. The van der Waals surface area contributed by atoms with Gasteiger partial charge in [0.1, 0.15) is 17.5 Å². The van der Waals surface area contributed by atoms with Gasteiger partial charge in [-0.05, 0) is 42.8 Å². The second-order valence-electron chi connectivity index (χ2n) is 4.07. The number of hydrogen-bond acceptors (Lipinski definition) is 1. The molecule has 2 aromatic carbocycles. The molecule has 1 nitrogen and oxygen atoms in total. The maximum atomic E-state index is 13.4. The largest absolute Gasteiger partial charge is 0.378 e. The van der Waals surface area contributed by atoms with Crippen LogP contribution in [0.4, 0.5) is 18.9 Å². The topological polar surface area (TPSA) is 12.0 Å². The zero-order valence-corrected chi connectivity index (χ0v) is 9.81. The third-order valence-electron chi connectivity index (χ3n) is 2.60. The van der Waals surface area contributed by atoms with E-state index in [0.29, 0.717) is 0 Å². The van der Waals surface area contributed by atoms with Crippen LogP contribution >= 0.6 is 0 Å². The Bertz CT molecular complexity index is 515. The van der Waals surface area contributed by atoms with Gasteiger partial charge in [0, 0.05) is 12.1 Å². The summed E-state index contributed by atoms with van der Waals surface area (Å²) in [7, 11) is 0. The van der Waals surface area contributed by atoms with Gasteiger partial charge in [-0.3, -0.25) is 0 Å². The summed E-state index contributed by atoms with van der Waals surface area (Å²) in [6, 6.07) is 7.79. The van der Waals surface area contributed by atoms with Crippen LogP contribution in [-0.2, 0) is 6.54 Å². The fourth-order valence-electron chi connectivity index (χ4n) is 1.64. The van der Waals surface area contributed by atoms with Crippen molar-refractivity contribution in [2.75, 3.05) is 5.32 Å². The average Bonchev–Trinajstić information content (AvgIpc) is 2.34. The summed E-state index contributed by atoms with van der Waals surface area (Å²) in [5.74, 6) is -1.45. The van der Waals surface area contributed by atoms with Crippen LogP contribution < -0.4 is 5.32 Å². The Kier molecular flexibility index (Phi) is 3.55. The minimum absolute atomic E-state index is 0.0317. The molecule has 2 rings (SSSR count). The molecular weight excluding hydrogens is 239 g/mol. The molecule has 0 radical (unpaired) electrons. The lowest BCUT2D eigenvalue weighted by Gasteiger charge is -2.09. The number of hydrogen-bond donors (Lipinski definition) is 1. The Morgan fingerprint density at radius 2 is 1.67 bits per heavy atom. The number of nitrogens with one attached hydrogen (secondary N) is 1. The van der Waals surface area contributed by atoms with Crippen LogP contribution in [-0.4, -0.2) is 0 Å². The van der Waals surface area contributed by atoms with E-state index < -0.39 is 17.5 Å². The van der Waals surface area contributed by atoms with Crippen LogP contribution in [0.15, 0.2) is 36.4 Å². The second-order valence-corrected chi connectivity index (χ2v) is 4.07. The minimum atomic E-state index is -0.517. The van der Waals surface area contributed by atoms with Gasteiger partial charge in [-0.2, -0.15) is 0 Å². The average molecular weight is 251 g/mol. The molecule has 0 atom stereocenters. The SMILES string of the molecule is Cc1ccc(F)c(NCc2cc(F)ccc2F)c1. The Hall–Kier alpha value is -1.97. The van der Waals surface area contributed by atoms with Crippen molar-refractivity contribution in [3.63, 3.8) is 0 Å². The summed E-state index contributed by atoms with van der Waals surface area (Å²) in [4.78, 5) is 0. The van der Waals surface area contributed by atoms with Crippen LogP contribution in [0.2, 0.25) is 0 Å². The first-order valence-electron chi connectivity index (χ1n) is 5.50. The van der Waals surface area contributed by atoms with Crippen LogP contribution in [0.25, 0.3) is 0 Å². The van der Waals surface area contributed by atoms with Gasteiger partial charge in [0.15, 0.2) is 0 Å². The van der Waals surface area contributed by atoms with Gasteiger partial charge in [-0.1, -0.05) is 6.07 Å². The summed E-state index contributed by atoms with van der Waals surface area (Å²) in [5, 5.41) is 2.76. The van der Waals surface area contributed by atoms with Gasteiger partial charge in [-0.15, -0.1) is 0 Å². The summed E-state index contributed by atoms with van der Waals surface area (Å²) in [5.41, 5.74) is 1.33. The monoisotopic (exact) mass is 251 g/mol. The van der Waals surface area contributed by atoms with Crippen molar-refractivity contribution in [1.29, 1.82) is 0 Å². The predicted octanol–water partition coefficient (Wildman–Crippen LogP) is 4.02. The van der Waals surface area contributed by atoms with E-state index in [1.807, 2.05) is 6.92 Å². The summed E-state index contributed by atoms with van der Waals surface area (Å²) in [6.07, 6.45) is 0. The lowest BCUT2D eigenvalue weighted by atomic mass is 10.2. The van der Waals surface area contributed by atoms with Crippen molar-refractivity contribution in [2.24, 2.45) is 0 Å². The molecular formula is C14H12F3N. The maximum absolute atomic E-state index is 13.4. The molecule has 94 valence electrons. The van der Waals surface area contributed by atoms with Gasteiger partial charge < -0.3 is 5.32 Å². The highest BCUT2D eigenvalue weighted by atomic mass is 19.1. The maximum Gasteiger partial charge on any atom is 0.146 e. The van der Waals surface area contributed by atoms with Crippen molar-refractivity contribution in [3.8, 4) is 0 Å². The smallest absolute Gasteiger partial charge is 0.146 e. The molecule has 0 aromatic heterocycles. The molecule has 0 heterocycles. The number of halogens is 3. The zero-order valence-electron chi connectivity index (χ0n) is 9.81. The number of anilines is 1. The highest BCUT2D eigenvalue weighted by Gasteiger charge is 2.06. The first-order valence-corrected chi connectivity index (χ1v) is 5.50. The predicted molar refractivity (Wildman–Crippen MR) is 64.8 cm³/mol. The lowest BCUT2D eigenvalue weighted by molar-refractivity contribution is 0.587. The molecule has 18 heavy (non-hydrogen) atoms. The van der Waals surface area contributed by atoms with Crippen molar-refractivity contribution in [3.05, 3.63) is 65.0 Å². The first-order chi connectivity index (χ1) is 8.56. The molecule has 4 heteroatoms. The van der Waals surface area contributed by atoms with Crippen molar-refractivity contribution in [2.45, 2.75) is 13.5 Å². The Labute approximate surface area is 103 Å². The second kappa shape index (κ2) is 5.12. The Morgan fingerprint density at radius 1 is 0.944 bits per heavy atom. The number of benzene rings is 2. The molecule has 0 spiro atoms. The van der Waals surface area contributed by atoms with Crippen LogP contribution in [0.3, 0.4) is 0 Å². The van der Waals surface area contributed by atoms with Gasteiger partial charge in [0.05, 0.1) is 5.69 Å². The van der Waals surface area contributed by atoms with E-state index in [9.17, 15) is 13.2 Å². The Morgan fingerprint density at radius 3 is 2.44 bits per heavy atom. The quantitative estimate of drug-likeness (QED) is 0.868. The van der Waals surface area contributed by atoms with E-state index in [-0.39, 0.29) is 17.8 Å². The third-order valence-corrected chi connectivity index (χ3v) is 2.60. The fourth-order valence-corrected chi connectivity index (χ4v) is 1.64. The Balaban J connectivity index is 2.16. The van der Waals surface area contributed by atoms with E-state index in [1.54, 1.807) is 12.1 Å². The molecule has 0 aliphatic heterocycles. The highest BCUT2D eigenvalue weighted by Crippen LogP contribution is 2.18. The highest BCUT2D eigenvalue weighted by molar-refractivity contribution is 5.47. The normalized spacial score (nSPS) is 10.4. The molecule has 2 aromatic rings. The van der Waals surface area contributed by atoms with Crippen molar-refractivity contribution >= 4 is 5.69 Å². The molecule has 0 amide bonds. The summed E-state index contributed by atoms with van der Waals surface area (Å²) >= 11 is 0. The zero-order chi connectivity index (χ0) is 13.1. The van der Waals surface area contributed by atoms with E-state index in [0.717, 1.165) is 23.8 Å². The summed E-state index contributed by atoms with van der Waals surface area (Å²) < 4.78 is 39.7. The molecule has 0 fully saturated rings. The van der Waals surface area contributed by atoms with E-state index >= 15 is 0 Å². The van der Waals surface area contributed by atoms with Crippen LogP contribution in [0.5, 0.6) is 0 Å². The molecule has 0 unspecified atom stereocenters. The summed E-state index contributed by atoms with van der Waals surface area (Å²) in [6.45, 7) is 1.86. The minimum Gasteiger partial charge on any atom is -0.378 e. The molecule has 0 bridgehead atoms. The van der Waals surface area contributed by atoms with Gasteiger partial charge in [0.2, 0.25) is 0 Å². The number of rotatable bonds is 3. The van der Waals surface area contributed by atoms with Crippen molar-refractivity contribution in [1.82, 2.24) is 0 Å². The van der Waals surface area contributed by atoms with Gasteiger partial charge >= 0.3 is 0 Å². The molecule has 1 N–H and O–H groups in total. The van der Waals surface area contributed by atoms with E-state index in [4.69, 9.17) is 0 Å². The molecule has 0 aliphatic rings. The van der Waals surface area contributed by atoms with E-state index in [1.165, 1.54) is 6.07 Å². The van der Waals surface area contributed by atoms with Crippen LogP contribution in [0, 0.1) is 24.4 Å². The fraction of sp³-hybridized carbons (Fsp3) is 0.143. The van der Waals surface area contributed by atoms with Gasteiger partial charge in [-0.25, -0.2) is 13.2 Å².